The van der Waals surface area contributed by atoms with Gasteiger partial charge in [0, 0.05) is 22.7 Å². The maximum Gasteiger partial charge on any atom is 0.0568 e. The molecule has 1 saturated heterocycles. The molecule has 2 rings (SSSR count). The van der Waals surface area contributed by atoms with Crippen molar-refractivity contribution in [3.05, 3.63) is 27.7 Å². The molecule has 1 heterocycles. The molecule has 0 aromatic heterocycles. The van der Waals surface area contributed by atoms with Gasteiger partial charge in [0.1, 0.15) is 0 Å². The lowest BCUT2D eigenvalue weighted by Gasteiger charge is -2.36. The molecule has 1 aromatic carbocycles. The van der Waals surface area contributed by atoms with Crippen LogP contribution in [0.1, 0.15) is 33.1 Å². The summed E-state index contributed by atoms with van der Waals surface area (Å²) >= 11 is 9.58. The summed E-state index contributed by atoms with van der Waals surface area (Å²) in [5, 5.41) is 4.37. The summed E-state index contributed by atoms with van der Waals surface area (Å²) in [7, 11) is 0. The Balaban J connectivity index is 1.93. The van der Waals surface area contributed by atoms with Crippen molar-refractivity contribution in [1.82, 2.24) is 4.90 Å². The maximum atomic E-state index is 6.15. The van der Waals surface area contributed by atoms with Crippen molar-refractivity contribution in [3.63, 3.8) is 0 Å². The van der Waals surface area contributed by atoms with Crippen molar-refractivity contribution in [2.75, 3.05) is 25.0 Å². The zero-order chi connectivity index (χ0) is 14.5. The summed E-state index contributed by atoms with van der Waals surface area (Å²) in [4.78, 5) is 2.60. The van der Waals surface area contributed by atoms with Crippen molar-refractivity contribution in [2.24, 2.45) is 5.92 Å². The number of rotatable bonds is 5. The summed E-state index contributed by atoms with van der Waals surface area (Å²) < 4.78 is 0.948. The van der Waals surface area contributed by atoms with Gasteiger partial charge in [-0.15, -0.1) is 0 Å². The fourth-order valence-electron chi connectivity index (χ4n) is 2.99. The van der Waals surface area contributed by atoms with Gasteiger partial charge in [-0.2, -0.15) is 0 Å². The summed E-state index contributed by atoms with van der Waals surface area (Å²) in [5.74, 6) is 0.720. The van der Waals surface area contributed by atoms with Gasteiger partial charge in [0.2, 0.25) is 0 Å². The van der Waals surface area contributed by atoms with E-state index in [4.69, 9.17) is 11.6 Å². The van der Waals surface area contributed by atoms with Crippen LogP contribution >= 0.6 is 27.5 Å². The zero-order valence-electron chi connectivity index (χ0n) is 12.3. The van der Waals surface area contributed by atoms with Gasteiger partial charge in [0.15, 0.2) is 0 Å². The molecular formula is C16H24BrClN2. The number of likely N-dealkylation sites (tertiary alicyclic amines) is 1. The second-order valence-corrected chi connectivity index (χ2v) is 7.03. The summed E-state index contributed by atoms with van der Waals surface area (Å²) in [6.07, 6.45) is 3.88. The Morgan fingerprint density at radius 1 is 1.50 bits per heavy atom. The molecular weight excluding hydrogens is 336 g/mol. The third kappa shape index (κ3) is 4.37. The minimum absolute atomic E-state index is 0.479. The number of halogens is 2. The number of hydrogen-bond donors (Lipinski definition) is 1. The van der Waals surface area contributed by atoms with Gasteiger partial charge in [0.25, 0.3) is 0 Å². The normalized spacial score (nSPS) is 21.7. The Morgan fingerprint density at radius 3 is 3.00 bits per heavy atom. The van der Waals surface area contributed by atoms with E-state index in [1.54, 1.807) is 0 Å². The molecule has 2 nitrogen and oxygen atoms in total. The lowest BCUT2D eigenvalue weighted by atomic mass is 9.91. The smallest absolute Gasteiger partial charge is 0.0568 e. The standard InChI is InChI=1S/C16H24BrClN2/c1-3-8-20-9-4-5-13(11-20)12(2)19-14-6-7-15(17)16(18)10-14/h6-7,10,12-13,19H,3-5,8-9,11H2,1-2H3. The first kappa shape index (κ1) is 16.1. The lowest BCUT2D eigenvalue weighted by molar-refractivity contribution is 0.165. The van der Waals surface area contributed by atoms with Crippen LogP contribution in [0, 0.1) is 5.92 Å². The lowest BCUT2D eigenvalue weighted by Crippen LogP contribution is -2.42. The maximum absolute atomic E-state index is 6.15. The molecule has 1 N–H and O–H groups in total. The van der Waals surface area contributed by atoms with Gasteiger partial charge >= 0.3 is 0 Å². The van der Waals surface area contributed by atoms with Crippen molar-refractivity contribution in [3.8, 4) is 0 Å². The van der Waals surface area contributed by atoms with Crippen molar-refractivity contribution >= 4 is 33.2 Å². The molecule has 1 aromatic rings. The molecule has 0 spiro atoms. The van der Waals surface area contributed by atoms with Crippen LogP contribution in [0.5, 0.6) is 0 Å². The van der Waals surface area contributed by atoms with E-state index in [2.05, 4.69) is 46.1 Å². The highest BCUT2D eigenvalue weighted by Gasteiger charge is 2.24. The fraction of sp³-hybridized carbons (Fsp3) is 0.625. The number of hydrogen-bond acceptors (Lipinski definition) is 2. The van der Waals surface area contributed by atoms with Crippen LogP contribution in [-0.2, 0) is 0 Å². The van der Waals surface area contributed by atoms with Gasteiger partial charge in [-0.25, -0.2) is 0 Å². The largest absolute Gasteiger partial charge is 0.382 e. The summed E-state index contributed by atoms with van der Waals surface area (Å²) in [5.41, 5.74) is 1.11. The van der Waals surface area contributed by atoms with E-state index in [0.29, 0.717) is 6.04 Å². The summed E-state index contributed by atoms with van der Waals surface area (Å²) in [6.45, 7) is 8.26. The van der Waals surface area contributed by atoms with Gasteiger partial charge < -0.3 is 10.2 Å². The fourth-order valence-corrected chi connectivity index (χ4v) is 3.41. The highest BCUT2D eigenvalue weighted by molar-refractivity contribution is 9.10. The van der Waals surface area contributed by atoms with E-state index in [1.807, 2.05) is 12.1 Å². The number of benzene rings is 1. The molecule has 0 bridgehead atoms. The highest BCUT2D eigenvalue weighted by atomic mass is 79.9. The first-order chi connectivity index (χ1) is 9.60. The quantitative estimate of drug-likeness (QED) is 0.793. The topological polar surface area (TPSA) is 15.3 Å². The molecule has 4 heteroatoms. The molecule has 2 unspecified atom stereocenters. The van der Waals surface area contributed by atoms with Gasteiger partial charge in [0.05, 0.1) is 5.02 Å². The van der Waals surface area contributed by atoms with Crippen LogP contribution in [-0.4, -0.2) is 30.6 Å². The van der Waals surface area contributed by atoms with Crippen molar-refractivity contribution in [2.45, 2.75) is 39.2 Å². The molecule has 20 heavy (non-hydrogen) atoms. The zero-order valence-corrected chi connectivity index (χ0v) is 14.7. The molecule has 1 aliphatic heterocycles. The van der Waals surface area contributed by atoms with Crippen molar-refractivity contribution < 1.29 is 0 Å². The van der Waals surface area contributed by atoms with Gasteiger partial charge in [-0.05, 0) is 79.3 Å². The van der Waals surface area contributed by atoms with E-state index >= 15 is 0 Å². The molecule has 0 aliphatic carbocycles. The molecule has 2 atom stereocenters. The number of anilines is 1. The molecule has 0 radical (unpaired) electrons. The minimum Gasteiger partial charge on any atom is -0.382 e. The predicted octanol–water partition coefficient (Wildman–Crippen LogP) is 5.02. The van der Waals surface area contributed by atoms with Crippen molar-refractivity contribution in [1.29, 1.82) is 0 Å². The highest BCUT2D eigenvalue weighted by Crippen LogP contribution is 2.27. The van der Waals surface area contributed by atoms with Crippen LogP contribution in [0.3, 0.4) is 0 Å². The van der Waals surface area contributed by atoms with Crippen LogP contribution in [0.2, 0.25) is 5.02 Å². The number of nitrogens with one attached hydrogen (secondary N) is 1. The third-order valence-corrected chi connectivity index (χ3v) is 5.34. The summed E-state index contributed by atoms with van der Waals surface area (Å²) in [6, 6.07) is 6.56. The van der Waals surface area contributed by atoms with E-state index in [-0.39, 0.29) is 0 Å². The third-order valence-electron chi connectivity index (χ3n) is 4.10. The van der Waals surface area contributed by atoms with Crippen LogP contribution in [0.4, 0.5) is 5.69 Å². The van der Waals surface area contributed by atoms with Gasteiger partial charge in [-0.1, -0.05) is 18.5 Å². The minimum atomic E-state index is 0.479. The molecule has 1 fully saturated rings. The van der Waals surface area contributed by atoms with Crippen LogP contribution in [0.15, 0.2) is 22.7 Å². The second kappa shape index (κ2) is 7.67. The first-order valence-corrected chi connectivity index (χ1v) is 8.71. The monoisotopic (exact) mass is 358 g/mol. The van der Waals surface area contributed by atoms with E-state index in [1.165, 1.54) is 38.9 Å². The first-order valence-electron chi connectivity index (χ1n) is 7.54. The van der Waals surface area contributed by atoms with Gasteiger partial charge in [-0.3, -0.25) is 0 Å². The Kier molecular flexibility index (Phi) is 6.19. The number of piperidine rings is 1. The predicted molar refractivity (Wildman–Crippen MR) is 91.7 cm³/mol. The molecule has 112 valence electrons. The van der Waals surface area contributed by atoms with E-state index < -0.39 is 0 Å². The molecule has 0 amide bonds. The Bertz CT molecular complexity index is 436. The average Bonchev–Trinajstić information content (AvgIpc) is 2.43. The number of nitrogens with zero attached hydrogens (tertiary/aromatic N) is 1. The van der Waals surface area contributed by atoms with Crippen LogP contribution < -0.4 is 5.32 Å². The Morgan fingerprint density at radius 2 is 2.30 bits per heavy atom. The van der Waals surface area contributed by atoms with E-state index in [9.17, 15) is 0 Å². The molecule has 0 saturated carbocycles. The average molecular weight is 360 g/mol. The Hall–Kier alpha value is -0.250. The van der Waals surface area contributed by atoms with E-state index in [0.717, 1.165) is 21.1 Å². The molecule has 1 aliphatic rings. The second-order valence-electron chi connectivity index (χ2n) is 5.76. The van der Waals surface area contributed by atoms with Crippen LogP contribution in [0.25, 0.3) is 0 Å². The Labute approximate surface area is 136 Å². The SMILES string of the molecule is CCCN1CCCC(C(C)Nc2ccc(Br)c(Cl)c2)C1.